The van der Waals surface area contributed by atoms with Crippen molar-refractivity contribution in [2.45, 2.75) is 47.1 Å². The van der Waals surface area contributed by atoms with Crippen LogP contribution >= 0.6 is 0 Å². The monoisotopic (exact) mass is 288 g/mol. The largest absolute Gasteiger partial charge is 0.366 e. The maximum absolute atomic E-state index is 10.7. The van der Waals surface area contributed by atoms with E-state index in [1.54, 1.807) is 6.08 Å². The second kappa shape index (κ2) is 11.8. The van der Waals surface area contributed by atoms with E-state index in [0.717, 1.165) is 25.1 Å². The minimum absolute atomic E-state index is 0.420. The van der Waals surface area contributed by atoms with Crippen LogP contribution in [0.5, 0.6) is 0 Å². The van der Waals surface area contributed by atoms with Crippen molar-refractivity contribution in [1.29, 1.82) is 0 Å². The number of hydrogen-bond acceptors (Lipinski definition) is 1. The number of nitrogens with zero attached hydrogens (tertiary/aromatic N) is 1. The molecule has 0 spiro atoms. The van der Waals surface area contributed by atoms with Gasteiger partial charge in [0.05, 0.1) is 0 Å². The lowest BCUT2D eigenvalue weighted by Gasteiger charge is -2.07. The molecule has 0 bridgehead atoms. The number of amides is 1. The van der Waals surface area contributed by atoms with E-state index in [2.05, 4.69) is 42.7 Å². The average Bonchev–Trinajstić information content (AvgIpc) is 2.86. The van der Waals surface area contributed by atoms with E-state index in [0.29, 0.717) is 0 Å². The van der Waals surface area contributed by atoms with E-state index in [1.165, 1.54) is 11.8 Å². The van der Waals surface area contributed by atoms with Crippen LogP contribution in [0.25, 0.3) is 6.08 Å². The zero-order chi connectivity index (χ0) is 16.1. The minimum Gasteiger partial charge on any atom is -0.366 e. The molecule has 0 unspecified atom stereocenters. The van der Waals surface area contributed by atoms with Crippen molar-refractivity contribution < 1.29 is 4.79 Å². The summed E-state index contributed by atoms with van der Waals surface area (Å²) < 4.78 is 2.17. The molecule has 1 aromatic rings. The molecular formula is C18H28N2O. The fraction of sp³-hybridized carbons (Fsp3) is 0.389. The van der Waals surface area contributed by atoms with Crippen LogP contribution in [-0.2, 0) is 17.8 Å². The summed E-state index contributed by atoms with van der Waals surface area (Å²) in [4.78, 5) is 10.7. The summed E-state index contributed by atoms with van der Waals surface area (Å²) in [7, 11) is 0. The highest BCUT2D eigenvalue weighted by Gasteiger charge is 2.02. The lowest BCUT2D eigenvalue weighted by atomic mass is 10.3. The molecule has 3 heteroatoms. The Bertz CT molecular complexity index is 493. The number of primary amides is 1. The molecule has 21 heavy (non-hydrogen) atoms. The number of nitrogens with two attached hydrogens (primary N) is 1. The molecule has 0 aromatic carbocycles. The first-order valence-corrected chi connectivity index (χ1v) is 7.48. The molecule has 0 atom stereocenters. The molecule has 1 rings (SSSR count). The Morgan fingerprint density at radius 3 is 2.29 bits per heavy atom. The molecule has 1 amide bonds. The van der Waals surface area contributed by atoms with Crippen molar-refractivity contribution >= 4 is 12.0 Å². The highest BCUT2D eigenvalue weighted by molar-refractivity contribution is 5.90. The zero-order valence-corrected chi connectivity index (χ0v) is 13.7. The van der Waals surface area contributed by atoms with Crippen LogP contribution in [-0.4, -0.2) is 10.5 Å². The van der Waals surface area contributed by atoms with Crippen molar-refractivity contribution in [3.05, 3.63) is 53.9 Å². The van der Waals surface area contributed by atoms with Crippen molar-refractivity contribution in [2.75, 3.05) is 0 Å². The number of aryl methyl sites for hydroxylation is 1. The van der Waals surface area contributed by atoms with Gasteiger partial charge in [0.25, 0.3) is 0 Å². The number of carbonyl (C=O) groups excluding carboxylic acids is 1. The molecule has 1 aromatic heterocycles. The summed E-state index contributed by atoms with van der Waals surface area (Å²) in [5.74, 6) is -0.420. The van der Waals surface area contributed by atoms with Gasteiger partial charge in [-0.15, -0.1) is 0 Å². The third kappa shape index (κ3) is 7.98. The van der Waals surface area contributed by atoms with Gasteiger partial charge in [0, 0.05) is 24.0 Å². The van der Waals surface area contributed by atoms with E-state index in [9.17, 15) is 4.79 Å². The lowest BCUT2D eigenvalue weighted by molar-refractivity contribution is -0.113. The second-order valence-corrected chi connectivity index (χ2v) is 4.50. The van der Waals surface area contributed by atoms with Gasteiger partial charge in [-0.25, -0.2) is 0 Å². The molecule has 0 fully saturated rings. The molecular weight excluding hydrogens is 260 g/mol. The van der Waals surface area contributed by atoms with Gasteiger partial charge in [-0.2, -0.15) is 0 Å². The molecule has 0 saturated carbocycles. The first-order chi connectivity index (χ1) is 10.1. The first kappa shape index (κ1) is 19.0. The van der Waals surface area contributed by atoms with Crippen LogP contribution in [0.4, 0.5) is 0 Å². The van der Waals surface area contributed by atoms with Gasteiger partial charge in [-0.05, 0) is 44.9 Å². The molecule has 0 aliphatic rings. The lowest BCUT2D eigenvalue weighted by Crippen LogP contribution is -2.06. The summed E-state index contributed by atoms with van der Waals surface area (Å²) in [5, 5.41) is 0. The smallest absolute Gasteiger partial charge is 0.241 e. The number of aromatic nitrogens is 1. The minimum atomic E-state index is -0.420. The van der Waals surface area contributed by atoms with Crippen molar-refractivity contribution in [3.8, 4) is 0 Å². The van der Waals surface area contributed by atoms with Crippen molar-refractivity contribution in [2.24, 2.45) is 5.73 Å². The molecule has 2 N–H and O–H groups in total. The molecule has 0 aliphatic heterocycles. The fourth-order valence-corrected chi connectivity index (χ4v) is 1.82. The maximum Gasteiger partial charge on any atom is 0.241 e. The third-order valence-corrected chi connectivity index (χ3v) is 2.88. The van der Waals surface area contributed by atoms with Gasteiger partial charge in [-0.1, -0.05) is 38.2 Å². The van der Waals surface area contributed by atoms with Gasteiger partial charge < -0.3 is 10.3 Å². The zero-order valence-electron chi connectivity index (χ0n) is 13.7. The van der Waals surface area contributed by atoms with Crippen molar-refractivity contribution in [3.63, 3.8) is 0 Å². The van der Waals surface area contributed by atoms with Crippen molar-refractivity contribution in [1.82, 2.24) is 4.57 Å². The molecule has 1 heterocycles. The Morgan fingerprint density at radius 1 is 1.19 bits per heavy atom. The molecule has 0 aliphatic carbocycles. The summed E-state index contributed by atoms with van der Waals surface area (Å²) in [6.45, 7) is 9.09. The van der Waals surface area contributed by atoms with Crippen LogP contribution in [0.2, 0.25) is 0 Å². The second-order valence-electron chi connectivity index (χ2n) is 4.50. The normalized spacial score (nSPS) is 11.2. The number of rotatable bonds is 6. The topological polar surface area (TPSA) is 48.0 Å². The van der Waals surface area contributed by atoms with Gasteiger partial charge in [0.1, 0.15) is 0 Å². The Labute approximate surface area is 128 Å². The van der Waals surface area contributed by atoms with Crippen LogP contribution in [0.1, 0.15) is 45.5 Å². The standard InChI is InChI=1S/C13H18N2O.C5H10/c1-3-5-10-15-11(4-2)6-7-12(15)8-9-13(14)16;1-3-5-4-2/h3,5-9H,4,10H2,1-2H3,(H2,14,16);3,5H,4H2,1-2H3/b5-3+,9-8+;5-3-. The SMILES string of the molecule is C/C=C/Cn1c(/C=C/C(N)=O)ccc1CC.C/C=C\CC. The van der Waals surface area contributed by atoms with Gasteiger partial charge >= 0.3 is 0 Å². The predicted molar refractivity (Wildman–Crippen MR) is 92.0 cm³/mol. The first-order valence-electron chi connectivity index (χ1n) is 7.48. The van der Waals surface area contributed by atoms with Gasteiger partial charge in [0.2, 0.25) is 5.91 Å². The molecule has 3 nitrogen and oxygen atoms in total. The quantitative estimate of drug-likeness (QED) is 0.622. The molecule has 0 saturated heterocycles. The van der Waals surface area contributed by atoms with E-state index >= 15 is 0 Å². The molecule has 116 valence electrons. The number of carbonyl (C=O) groups is 1. The third-order valence-electron chi connectivity index (χ3n) is 2.88. The van der Waals surface area contributed by atoms with Crippen LogP contribution in [0, 0.1) is 0 Å². The van der Waals surface area contributed by atoms with E-state index < -0.39 is 5.91 Å². The average molecular weight is 288 g/mol. The van der Waals surface area contributed by atoms with Crippen LogP contribution in [0.3, 0.4) is 0 Å². The Kier molecular flexibility index (Phi) is 10.6. The Morgan fingerprint density at radius 2 is 1.86 bits per heavy atom. The summed E-state index contributed by atoms with van der Waals surface area (Å²) in [6.07, 6.45) is 13.6. The van der Waals surface area contributed by atoms with Crippen LogP contribution in [0.15, 0.2) is 42.5 Å². The summed E-state index contributed by atoms with van der Waals surface area (Å²) in [6, 6.07) is 4.08. The van der Waals surface area contributed by atoms with Gasteiger partial charge in [0.15, 0.2) is 0 Å². The molecule has 0 radical (unpaired) electrons. The van der Waals surface area contributed by atoms with E-state index in [-0.39, 0.29) is 0 Å². The predicted octanol–water partition coefficient (Wildman–Crippen LogP) is 4.10. The Hall–Kier alpha value is -2.03. The maximum atomic E-state index is 10.7. The van der Waals surface area contributed by atoms with Gasteiger partial charge in [-0.3, -0.25) is 4.79 Å². The number of allylic oxidation sites excluding steroid dienone is 4. The summed E-state index contributed by atoms with van der Waals surface area (Å²) in [5.41, 5.74) is 7.34. The fourth-order valence-electron chi connectivity index (χ4n) is 1.82. The van der Waals surface area contributed by atoms with Crippen LogP contribution < -0.4 is 5.73 Å². The Balaban J connectivity index is 0.000000690. The summed E-state index contributed by atoms with van der Waals surface area (Å²) >= 11 is 0. The highest BCUT2D eigenvalue weighted by Crippen LogP contribution is 2.12. The van der Waals surface area contributed by atoms with E-state index in [4.69, 9.17) is 5.73 Å². The highest BCUT2D eigenvalue weighted by atomic mass is 16.1. The number of hydrogen-bond donors (Lipinski definition) is 1. The van der Waals surface area contributed by atoms with E-state index in [1.807, 2.05) is 26.0 Å².